The van der Waals surface area contributed by atoms with E-state index in [2.05, 4.69) is 48.5 Å². The van der Waals surface area contributed by atoms with Crippen molar-refractivity contribution < 1.29 is 0 Å². The molecule has 0 unspecified atom stereocenters. The Labute approximate surface area is 91.1 Å². The van der Waals surface area contributed by atoms with Gasteiger partial charge in [-0.05, 0) is 22.9 Å². The van der Waals surface area contributed by atoms with Crippen LogP contribution in [0.3, 0.4) is 0 Å². The molecule has 15 heavy (non-hydrogen) atoms. The van der Waals surface area contributed by atoms with E-state index in [0.717, 1.165) is 0 Å². The molecule has 0 amide bonds. The summed E-state index contributed by atoms with van der Waals surface area (Å²) in [6, 6.07) is 17.5. The third-order valence-corrected chi connectivity index (χ3v) is 4.15. The molecular weight excluding hydrogens is 200 g/mol. The minimum absolute atomic E-state index is 1.36. The summed E-state index contributed by atoms with van der Waals surface area (Å²) in [4.78, 5) is 0. The fourth-order valence-corrected chi connectivity index (χ4v) is 3.55. The van der Waals surface area contributed by atoms with Crippen LogP contribution in [0.1, 0.15) is 0 Å². The van der Waals surface area contributed by atoms with Crippen LogP contribution in [0.15, 0.2) is 48.5 Å². The van der Waals surface area contributed by atoms with E-state index in [9.17, 15) is 0 Å². The third-order valence-electron chi connectivity index (χ3n) is 3.03. The fraction of sp³-hybridized carbons (Fsp3) is 0. The molecular formula is C14H8S. The number of benzene rings is 3. The van der Waals surface area contributed by atoms with E-state index in [-0.39, 0.29) is 0 Å². The zero-order valence-electron chi connectivity index (χ0n) is 8.03. The molecule has 1 heteroatoms. The van der Waals surface area contributed by atoms with Gasteiger partial charge in [-0.25, -0.2) is 0 Å². The zero-order chi connectivity index (χ0) is 9.83. The van der Waals surface area contributed by atoms with Gasteiger partial charge in [0.05, 0.1) is 0 Å². The Morgan fingerprint density at radius 1 is 0.600 bits per heavy atom. The van der Waals surface area contributed by atoms with Crippen LogP contribution in [-0.4, -0.2) is 0 Å². The van der Waals surface area contributed by atoms with Gasteiger partial charge in [-0.2, -0.15) is 0 Å². The first-order valence-electron chi connectivity index (χ1n) is 5.06. The lowest BCUT2D eigenvalue weighted by atomic mass is 10.0. The van der Waals surface area contributed by atoms with Gasteiger partial charge in [-0.3, -0.25) is 0 Å². The van der Waals surface area contributed by atoms with Gasteiger partial charge in [0.2, 0.25) is 0 Å². The minimum Gasteiger partial charge on any atom is -0.135 e. The van der Waals surface area contributed by atoms with Crippen molar-refractivity contribution in [1.29, 1.82) is 0 Å². The lowest BCUT2D eigenvalue weighted by molar-refractivity contribution is 1.85. The standard InChI is InChI=1S/C14H8S/c1-3-9-7-8-10-4-2-6-12-14(10)13(9)11(5-1)15-12/h1-8H. The Balaban J connectivity index is 2.54. The zero-order valence-corrected chi connectivity index (χ0v) is 8.84. The predicted molar refractivity (Wildman–Crippen MR) is 68.0 cm³/mol. The summed E-state index contributed by atoms with van der Waals surface area (Å²) >= 11 is 1.89. The van der Waals surface area contributed by atoms with Gasteiger partial charge in [-0.1, -0.05) is 36.4 Å². The molecule has 0 N–H and O–H groups in total. The van der Waals surface area contributed by atoms with E-state index >= 15 is 0 Å². The maximum atomic E-state index is 2.22. The largest absolute Gasteiger partial charge is 0.135 e. The summed E-state index contributed by atoms with van der Waals surface area (Å²) in [5.41, 5.74) is 0. The molecule has 0 bridgehead atoms. The van der Waals surface area contributed by atoms with Gasteiger partial charge in [0, 0.05) is 20.2 Å². The highest BCUT2D eigenvalue weighted by atomic mass is 32.1. The second-order valence-corrected chi connectivity index (χ2v) is 4.96. The highest BCUT2D eigenvalue weighted by Crippen LogP contribution is 2.39. The van der Waals surface area contributed by atoms with Crippen LogP contribution in [0.2, 0.25) is 0 Å². The Morgan fingerprint density at radius 3 is 1.67 bits per heavy atom. The summed E-state index contributed by atoms with van der Waals surface area (Å²) in [5.74, 6) is 0. The first-order valence-corrected chi connectivity index (χ1v) is 5.87. The second kappa shape index (κ2) is 2.50. The molecule has 0 saturated heterocycles. The molecule has 4 rings (SSSR count). The van der Waals surface area contributed by atoms with Crippen molar-refractivity contribution in [2.45, 2.75) is 0 Å². The predicted octanol–water partition coefficient (Wildman–Crippen LogP) is 4.65. The van der Waals surface area contributed by atoms with Crippen molar-refractivity contribution in [2.24, 2.45) is 0 Å². The average molecular weight is 208 g/mol. The summed E-state index contributed by atoms with van der Waals surface area (Å²) in [6.45, 7) is 0. The van der Waals surface area contributed by atoms with Crippen LogP contribution in [0.5, 0.6) is 0 Å². The summed E-state index contributed by atoms with van der Waals surface area (Å²) in [7, 11) is 0. The molecule has 3 aromatic carbocycles. The first-order chi connectivity index (χ1) is 7.43. The smallest absolute Gasteiger partial charge is 0.0361 e. The molecule has 1 heterocycles. The topological polar surface area (TPSA) is 0 Å². The molecule has 0 aliphatic heterocycles. The van der Waals surface area contributed by atoms with Gasteiger partial charge in [0.15, 0.2) is 0 Å². The highest BCUT2D eigenvalue weighted by Gasteiger charge is 2.09. The normalized spacial score (nSPS) is 12.0. The first kappa shape index (κ1) is 7.66. The van der Waals surface area contributed by atoms with Crippen molar-refractivity contribution in [1.82, 2.24) is 0 Å². The van der Waals surface area contributed by atoms with Crippen molar-refractivity contribution in [3.8, 4) is 0 Å². The number of hydrogen-bond donors (Lipinski definition) is 0. The summed E-state index contributed by atoms with van der Waals surface area (Å²) in [6.07, 6.45) is 0. The fourth-order valence-electron chi connectivity index (χ4n) is 2.38. The van der Waals surface area contributed by atoms with Crippen LogP contribution in [0.4, 0.5) is 0 Å². The van der Waals surface area contributed by atoms with Crippen LogP contribution in [-0.2, 0) is 0 Å². The maximum absolute atomic E-state index is 2.22. The molecule has 1 aromatic heterocycles. The van der Waals surface area contributed by atoms with Crippen molar-refractivity contribution in [2.75, 3.05) is 0 Å². The Morgan fingerprint density at radius 2 is 1.13 bits per heavy atom. The van der Waals surface area contributed by atoms with Crippen molar-refractivity contribution >= 4 is 42.3 Å². The number of hydrogen-bond acceptors (Lipinski definition) is 1. The quantitative estimate of drug-likeness (QED) is 0.369. The van der Waals surface area contributed by atoms with E-state index in [0.29, 0.717) is 0 Å². The molecule has 0 nitrogen and oxygen atoms in total. The molecule has 0 aliphatic carbocycles. The van der Waals surface area contributed by atoms with Gasteiger partial charge in [0.25, 0.3) is 0 Å². The molecule has 4 aromatic rings. The van der Waals surface area contributed by atoms with Gasteiger partial charge >= 0.3 is 0 Å². The SMILES string of the molecule is c1cc2ccc3cccc4sc(c1)c2c34. The van der Waals surface area contributed by atoms with E-state index < -0.39 is 0 Å². The molecule has 70 valence electrons. The van der Waals surface area contributed by atoms with Crippen molar-refractivity contribution in [3.05, 3.63) is 48.5 Å². The molecule has 0 fully saturated rings. The average Bonchev–Trinajstić information content (AvgIpc) is 2.66. The molecule has 0 radical (unpaired) electrons. The van der Waals surface area contributed by atoms with Crippen LogP contribution < -0.4 is 0 Å². The molecule has 0 saturated carbocycles. The van der Waals surface area contributed by atoms with E-state index in [1.807, 2.05) is 11.3 Å². The summed E-state index contributed by atoms with van der Waals surface area (Å²) < 4.78 is 2.80. The van der Waals surface area contributed by atoms with Gasteiger partial charge in [0.1, 0.15) is 0 Å². The van der Waals surface area contributed by atoms with Crippen LogP contribution in [0, 0.1) is 0 Å². The maximum Gasteiger partial charge on any atom is 0.0361 e. The number of thiophene rings is 1. The monoisotopic (exact) mass is 208 g/mol. The van der Waals surface area contributed by atoms with Crippen LogP contribution >= 0.6 is 11.3 Å². The minimum atomic E-state index is 1.36. The molecule has 0 aliphatic rings. The van der Waals surface area contributed by atoms with E-state index in [4.69, 9.17) is 0 Å². The van der Waals surface area contributed by atoms with Gasteiger partial charge in [-0.15, -0.1) is 11.3 Å². The lowest BCUT2D eigenvalue weighted by Gasteiger charge is -2.00. The molecule has 0 spiro atoms. The Bertz CT molecular complexity index is 700. The third kappa shape index (κ3) is 0.864. The number of rotatable bonds is 0. The summed E-state index contributed by atoms with van der Waals surface area (Å²) in [5, 5.41) is 5.60. The van der Waals surface area contributed by atoms with E-state index in [1.54, 1.807) is 0 Å². The molecule has 0 atom stereocenters. The van der Waals surface area contributed by atoms with Gasteiger partial charge < -0.3 is 0 Å². The Kier molecular flexibility index (Phi) is 1.28. The Hall–Kier alpha value is -1.60. The van der Waals surface area contributed by atoms with Crippen LogP contribution in [0.25, 0.3) is 30.9 Å². The second-order valence-electron chi connectivity index (χ2n) is 3.88. The lowest BCUT2D eigenvalue weighted by Crippen LogP contribution is -1.74. The van der Waals surface area contributed by atoms with Crippen molar-refractivity contribution in [3.63, 3.8) is 0 Å². The van der Waals surface area contributed by atoms with E-state index in [1.165, 1.54) is 30.9 Å². The highest BCUT2D eigenvalue weighted by molar-refractivity contribution is 7.26.